The number of anilines is 1. The number of carbonyl (C=O) groups is 1. The molecule has 9 heteroatoms. The van der Waals surface area contributed by atoms with Crippen LogP contribution >= 0.6 is 0 Å². The van der Waals surface area contributed by atoms with Crippen molar-refractivity contribution in [2.24, 2.45) is 0 Å². The van der Waals surface area contributed by atoms with Gasteiger partial charge in [-0.1, -0.05) is 0 Å². The number of hydrogen-bond acceptors (Lipinski definition) is 8. The van der Waals surface area contributed by atoms with Gasteiger partial charge < -0.3 is 19.9 Å². The minimum Gasteiger partial charge on any atom is -0.497 e. The predicted molar refractivity (Wildman–Crippen MR) is 174 cm³/mol. The second-order valence-electron chi connectivity index (χ2n) is 11.6. The van der Waals surface area contributed by atoms with Crippen LogP contribution in [0.2, 0.25) is 0 Å². The third kappa shape index (κ3) is 7.39. The molecule has 1 aromatic carbocycles. The molecule has 5 rings (SSSR count). The molecule has 1 atom stereocenters. The van der Waals surface area contributed by atoms with Gasteiger partial charge in [-0.25, -0.2) is 9.97 Å². The number of piperidine rings is 1. The van der Waals surface area contributed by atoms with Crippen molar-refractivity contribution in [3.63, 3.8) is 0 Å². The highest BCUT2D eigenvalue weighted by molar-refractivity contribution is 5.96. The van der Waals surface area contributed by atoms with Crippen molar-refractivity contribution in [3.8, 4) is 17.1 Å². The summed E-state index contributed by atoms with van der Waals surface area (Å²) in [4.78, 5) is 35.9. The van der Waals surface area contributed by atoms with Crippen LogP contribution in [0.3, 0.4) is 0 Å². The van der Waals surface area contributed by atoms with Crippen molar-refractivity contribution in [2.75, 3.05) is 31.6 Å². The largest absolute Gasteiger partial charge is 0.497 e. The van der Waals surface area contributed by atoms with Gasteiger partial charge >= 0.3 is 0 Å². The Hall–Kier alpha value is -4.37. The smallest absolute Gasteiger partial charge is 0.254 e. The summed E-state index contributed by atoms with van der Waals surface area (Å²) in [6, 6.07) is 15.0. The monoisotopic (exact) mass is 593 g/mol. The average molecular weight is 594 g/mol. The van der Waals surface area contributed by atoms with Crippen LogP contribution < -0.4 is 15.0 Å². The van der Waals surface area contributed by atoms with E-state index in [2.05, 4.69) is 67.1 Å². The van der Waals surface area contributed by atoms with E-state index in [1.165, 1.54) is 16.8 Å². The van der Waals surface area contributed by atoms with Crippen molar-refractivity contribution >= 4 is 11.6 Å². The normalized spacial score (nSPS) is 14.7. The van der Waals surface area contributed by atoms with Gasteiger partial charge in [-0.2, -0.15) is 0 Å². The zero-order chi connectivity index (χ0) is 31.1. The summed E-state index contributed by atoms with van der Waals surface area (Å²) < 4.78 is 5.41. The number of pyridine rings is 2. The number of aryl methyl sites for hydroxylation is 3. The molecule has 0 spiro atoms. The number of carbonyl (C=O) groups excluding carboxylic acids is 1. The molecule has 1 fully saturated rings. The first-order valence-corrected chi connectivity index (χ1v) is 15.4. The average Bonchev–Trinajstić information content (AvgIpc) is 3.04. The highest BCUT2D eigenvalue weighted by Gasteiger charge is 2.28. The van der Waals surface area contributed by atoms with Crippen LogP contribution in [-0.2, 0) is 6.54 Å². The van der Waals surface area contributed by atoms with Gasteiger partial charge in [0.15, 0.2) is 5.82 Å². The second-order valence-corrected chi connectivity index (χ2v) is 11.6. The van der Waals surface area contributed by atoms with Crippen LogP contribution in [0.5, 0.6) is 5.75 Å². The Kier molecular flexibility index (Phi) is 10.2. The third-order valence-electron chi connectivity index (χ3n) is 8.74. The minimum absolute atomic E-state index is 0.118. The Labute approximate surface area is 260 Å². The molecular formula is C35H43N7O2. The fourth-order valence-electron chi connectivity index (χ4n) is 6.03. The maximum atomic E-state index is 13.1. The van der Waals surface area contributed by atoms with E-state index < -0.39 is 0 Å². The molecule has 3 aromatic heterocycles. The first-order valence-electron chi connectivity index (χ1n) is 15.4. The fourth-order valence-corrected chi connectivity index (χ4v) is 6.03. The molecular weight excluding hydrogens is 550 g/mol. The molecule has 1 amide bonds. The first kappa shape index (κ1) is 31.1. The Balaban J connectivity index is 1.16. The number of rotatable bonds is 11. The van der Waals surface area contributed by atoms with Gasteiger partial charge in [-0.05, 0) is 101 Å². The summed E-state index contributed by atoms with van der Waals surface area (Å²) in [6.07, 6.45) is 10.3. The van der Waals surface area contributed by atoms with Gasteiger partial charge in [0.2, 0.25) is 0 Å². The van der Waals surface area contributed by atoms with E-state index in [4.69, 9.17) is 4.74 Å². The maximum Gasteiger partial charge on any atom is 0.254 e. The molecule has 4 aromatic rings. The zero-order valence-corrected chi connectivity index (χ0v) is 26.5. The lowest BCUT2D eigenvalue weighted by molar-refractivity contribution is 0.0943. The van der Waals surface area contributed by atoms with Gasteiger partial charge in [0.05, 0.1) is 24.1 Å². The number of aromatic nitrogens is 4. The summed E-state index contributed by atoms with van der Waals surface area (Å²) >= 11 is 0. The number of ether oxygens (including phenoxy) is 1. The number of nitrogens with one attached hydrogen (secondary N) is 1. The van der Waals surface area contributed by atoms with E-state index in [1.807, 2.05) is 50.5 Å². The summed E-state index contributed by atoms with van der Waals surface area (Å²) in [5.41, 5.74) is 6.51. The zero-order valence-electron chi connectivity index (χ0n) is 26.5. The SMILES string of the molecule is COc1ccc(N(Cc2cnccc2C)C2CCN([C@H](C)CCNC(=O)c3c(C)nc(-c4ccncc4)nc3C)CC2)cc1. The van der Waals surface area contributed by atoms with Crippen molar-refractivity contribution in [3.05, 3.63) is 95.3 Å². The number of benzene rings is 1. The van der Waals surface area contributed by atoms with Crippen LogP contribution in [0, 0.1) is 20.8 Å². The second kappa shape index (κ2) is 14.4. The standard InChI is InChI=1S/C35H43N7O2/c1-24-10-16-37-22-29(24)23-42(30-6-8-32(44-5)9-7-30)31-14-20-41(21-15-31)25(2)11-19-38-35(43)33-26(3)39-34(40-27(33)4)28-12-17-36-18-13-28/h6-10,12-13,16-18,22,25,31H,11,14-15,19-21,23H2,1-5H3,(H,38,43)/t25-/m1/s1. The molecule has 1 saturated heterocycles. The van der Waals surface area contributed by atoms with Crippen molar-refractivity contribution in [1.82, 2.24) is 30.2 Å². The lowest BCUT2D eigenvalue weighted by atomic mass is 9.99. The summed E-state index contributed by atoms with van der Waals surface area (Å²) in [6.45, 7) is 11.6. The van der Waals surface area contributed by atoms with Crippen molar-refractivity contribution in [1.29, 1.82) is 0 Å². The van der Waals surface area contributed by atoms with Gasteiger partial charge in [-0.15, -0.1) is 0 Å². The van der Waals surface area contributed by atoms with E-state index in [0.717, 1.165) is 50.2 Å². The molecule has 0 unspecified atom stereocenters. The third-order valence-corrected chi connectivity index (χ3v) is 8.74. The van der Waals surface area contributed by atoms with Gasteiger partial charge in [-0.3, -0.25) is 14.8 Å². The van der Waals surface area contributed by atoms with Crippen LogP contribution in [0.1, 0.15) is 59.1 Å². The topological polar surface area (TPSA) is 96.4 Å². The molecule has 9 nitrogen and oxygen atoms in total. The lowest BCUT2D eigenvalue weighted by Crippen LogP contribution is -2.48. The van der Waals surface area contributed by atoms with E-state index in [9.17, 15) is 4.79 Å². The van der Waals surface area contributed by atoms with Gasteiger partial charge in [0.1, 0.15) is 5.75 Å². The van der Waals surface area contributed by atoms with Crippen LogP contribution in [0.4, 0.5) is 5.69 Å². The fraction of sp³-hybridized carbons (Fsp3) is 0.400. The molecule has 4 heterocycles. The van der Waals surface area contributed by atoms with Crippen LogP contribution in [0.15, 0.2) is 67.3 Å². The minimum atomic E-state index is -0.118. The Morgan fingerprint density at radius 2 is 1.64 bits per heavy atom. The highest BCUT2D eigenvalue weighted by atomic mass is 16.5. The van der Waals surface area contributed by atoms with E-state index >= 15 is 0 Å². The van der Waals surface area contributed by atoms with Crippen molar-refractivity contribution < 1.29 is 9.53 Å². The number of likely N-dealkylation sites (tertiary alicyclic amines) is 1. The predicted octanol–water partition coefficient (Wildman–Crippen LogP) is 5.55. The Morgan fingerprint density at radius 1 is 0.977 bits per heavy atom. The lowest BCUT2D eigenvalue weighted by Gasteiger charge is -2.42. The number of methoxy groups -OCH3 is 1. The van der Waals surface area contributed by atoms with E-state index in [0.29, 0.717) is 41.4 Å². The summed E-state index contributed by atoms with van der Waals surface area (Å²) in [5, 5.41) is 3.12. The molecule has 1 N–H and O–H groups in total. The van der Waals surface area contributed by atoms with Crippen LogP contribution in [-0.4, -0.2) is 69.6 Å². The number of nitrogens with zero attached hydrogens (tertiary/aromatic N) is 6. The molecule has 230 valence electrons. The van der Waals surface area contributed by atoms with E-state index in [-0.39, 0.29) is 5.91 Å². The quantitative estimate of drug-likeness (QED) is 0.242. The maximum absolute atomic E-state index is 13.1. The molecule has 1 aliphatic heterocycles. The number of hydrogen-bond donors (Lipinski definition) is 1. The van der Waals surface area contributed by atoms with Crippen LogP contribution in [0.25, 0.3) is 11.4 Å². The summed E-state index contributed by atoms with van der Waals surface area (Å²) in [7, 11) is 1.70. The Bertz CT molecular complexity index is 1510. The van der Waals surface area contributed by atoms with Crippen molar-refractivity contribution in [2.45, 2.75) is 65.6 Å². The molecule has 0 saturated carbocycles. The molecule has 1 aliphatic rings. The molecule has 0 bridgehead atoms. The summed E-state index contributed by atoms with van der Waals surface area (Å²) in [5.74, 6) is 1.35. The first-order chi connectivity index (χ1) is 21.3. The highest BCUT2D eigenvalue weighted by Crippen LogP contribution is 2.29. The molecule has 0 aliphatic carbocycles. The molecule has 44 heavy (non-hydrogen) atoms. The van der Waals surface area contributed by atoms with E-state index in [1.54, 1.807) is 19.5 Å². The molecule has 0 radical (unpaired) electrons. The van der Waals surface area contributed by atoms with Gasteiger partial charge in [0, 0.05) is 74.3 Å². The van der Waals surface area contributed by atoms with Gasteiger partial charge in [0.25, 0.3) is 5.91 Å². The number of amides is 1. The Morgan fingerprint density at radius 3 is 2.27 bits per heavy atom.